The Bertz CT molecular complexity index is 147. The lowest BCUT2D eigenvalue weighted by Crippen LogP contribution is -2.13. The maximum Gasteiger partial charge on any atom is 0.330 e. The largest absolute Gasteiger partial charge is 0.406 e. The quantitative estimate of drug-likeness (QED) is 0.370. The highest BCUT2D eigenvalue weighted by Crippen LogP contribution is 2.03. The highest BCUT2D eigenvalue weighted by Gasteiger charge is 2.13. The monoisotopic (exact) mass is 177 g/mol. The summed E-state index contributed by atoms with van der Waals surface area (Å²) in [6.45, 7) is 5.17. The topological polar surface area (TPSA) is 26.3 Å². The van der Waals surface area contributed by atoms with E-state index in [0.717, 1.165) is 0 Å². The van der Waals surface area contributed by atoms with E-state index in [-0.39, 0.29) is 5.78 Å². The van der Waals surface area contributed by atoms with Crippen molar-refractivity contribution in [1.82, 2.24) is 0 Å². The SMILES string of the molecule is C=C(C)C(=O)C[Si](Cl)OC. The molecular weight excluding hydrogens is 168 g/mol. The minimum atomic E-state index is -1.41. The zero-order valence-corrected chi connectivity index (χ0v) is 7.86. The number of ketones is 1. The van der Waals surface area contributed by atoms with Crippen LogP contribution in [0.15, 0.2) is 12.2 Å². The molecule has 0 fully saturated rings. The summed E-state index contributed by atoms with van der Waals surface area (Å²) in [6, 6.07) is 0.304. The number of hydrogen-bond donors (Lipinski definition) is 0. The molecule has 4 heteroatoms. The zero-order valence-electron chi connectivity index (χ0n) is 6.11. The number of allylic oxidation sites excluding steroid dienone is 1. The van der Waals surface area contributed by atoms with Gasteiger partial charge in [0.15, 0.2) is 5.78 Å². The van der Waals surface area contributed by atoms with E-state index in [0.29, 0.717) is 11.6 Å². The Hall–Kier alpha value is -0.123. The molecular formula is C6H10ClO2Si. The molecule has 2 nitrogen and oxygen atoms in total. The second-order valence-corrected chi connectivity index (χ2v) is 4.68. The van der Waals surface area contributed by atoms with Crippen molar-refractivity contribution >= 4 is 25.2 Å². The van der Waals surface area contributed by atoms with Gasteiger partial charge in [0.1, 0.15) is 0 Å². The minimum Gasteiger partial charge on any atom is -0.406 e. The van der Waals surface area contributed by atoms with Crippen molar-refractivity contribution in [3.05, 3.63) is 12.2 Å². The van der Waals surface area contributed by atoms with E-state index < -0.39 is 8.35 Å². The first-order chi connectivity index (χ1) is 4.57. The van der Waals surface area contributed by atoms with Gasteiger partial charge in [-0.3, -0.25) is 4.79 Å². The first-order valence-corrected chi connectivity index (χ1v) is 5.44. The predicted molar refractivity (Wildman–Crippen MR) is 43.2 cm³/mol. The van der Waals surface area contributed by atoms with Gasteiger partial charge < -0.3 is 4.43 Å². The Morgan fingerprint density at radius 2 is 2.30 bits per heavy atom. The maximum absolute atomic E-state index is 10.9. The van der Waals surface area contributed by atoms with Gasteiger partial charge in [0, 0.05) is 13.2 Å². The molecule has 0 aliphatic heterocycles. The van der Waals surface area contributed by atoms with E-state index in [4.69, 9.17) is 15.5 Å². The highest BCUT2D eigenvalue weighted by molar-refractivity contribution is 7.04. The summed E-state index contributed by atoms with van der Waals surface area (Å²) in [4.78, 5) is 10.9. The number of carbonyl (C=O) groups is 1. The summed E-state index contributed by atoms with van der Waals surface area (Å²) in [6.07, 6.45) is 0. The second-order valence-electron chi connectivity index (χ2n) is 1.94. The molecule has 0 atom stereocenters. The number of rotatable bonds is 4. The van der Waals surface area contributed by atoms with Gasteiger partial charge in [0.2, 0.25) is 0 Å². The van der Waals surface area contributed by atoms with Gasteiger partial charge in [0.25, 0.3) is 0 Å². The Morgan fingerprint density at radius 3 is 2.60 bits per heavy atom. The second kappa shape index (κ2) is 4.66. The summed E-state index contributed by atoms with van der Waals surface area (Å²) >= 11 is 5.62. The first-order valence-electron chi connectivity index (χ1n) is 2.82. The number of halogens is 1. The van der Waals surface area contributed by atoms with Crippen molar-refractivity contribution in [2.24, 2.45) is 0 Å². The van der Waals surface area contributed by atoms with E-state index in [1.54, 1.807) is 6.92 Å². The average Bonchev–Trinajstić information content (AvgIpc) is 1.87. The average molecular weight is 178 g/mol. The first kappa shape index (κ1) is 9.88. The Morgan fingerprint density at radius 1 is 1.80 bits per heavy atom. The van der Waals surface area contributed by atoms with Gasteiger partial charge in [-0.25, -0.2) is 0 Å². The fraction of sp³-hybridized carbons (Fsp3) is 0.500. The Balaban J connectivity index is 3.68. The van der Waals surface area contributed by atoms with Crippen LogP contribution in [0.1, 0.15) is 6.92 Å². The van der Waals surface area contributed by atoms with Crippen LogP contribution >= 0.6 is 11.1 Å². The molecule has 0 heterocycles. The van der Waals surface area contributed by atoms with Crippen LogP contribution in [-0.4, -0.2) is 21.2 Å². The van der Waals surface area contributed by atoms with Gasteiger partial charge in [-0.15, -0.1) is 11.1 Å². The van der Waals surface area contributed by atoms with Gasteiger partial charge in [0.05, 0.1) is 0 Å². The molecule has 0 aromatic carbocycles. The predicted octanol–water partition coefficient (Wildman–Crippen LogP) is 1.50. The molecule has 0 aliphatic carbocycles. The molecule has 0 aliphatic rings. The molecule has 0 N–H and O–H groups in total. The van der Waals surface area contributed by atoms with E-state index in [1.165, 1.54) is 7.11 Å². The number of Topliss-reactive ketones (excluding diaryl/α,β-unsaturated/α-hetero) is 1. The standard InChI is InChI=1S/C6H10ClO2Si/c1-5(2)6(8)4-10(7)9-3/h1,4H2,2-3H3. The third kappa shape index (κ3) is 3.82. The van der Waals surface area contributed by atoms with Gasteiger partial charge in [-0.1, -0.05) is 6.58 Å². The normalized spacial score (nSPS) is 10.0. The molecule has 0 aromatic rings. The van der Waals surface area contributed by atoms with E-state index in [2.05, 4.69) is 6.58 Å². The fourth-order valence-corrected chi connectivity index (χ4v) is 1.41. The lowest BCUT2D eigenvalue weighted by Gasteiger charge is -2.01. The summed E-state index contributed by atoms with van der Waals surface area (Å²) in [5.74, 6) is -0.00858. The van der Waals surface area contributed by atoms with Crippen LogP contribution in [0.3, 0.4) is 0 Å². The zero-order chi connectivity index (χ0) is 8.15. The molecule has 10 heavy (non-hydrogen) atoms. The highest BCUT2D eigenvalue weighted by atomic mass is 35.6. The van der Waals surface area contributed by atoms with Crippen LogP contribution in [0.2, 0.25) is 6.04 Å². The minimum absolute atomic E-state index is 0.00858. The smallest absolute Gasteiger partial charge is 0.330 e. The van der Waals surface area contributed by atoms with Crippen molar-refractivity contribution in [1.29, 1.82) is 0 Å². The summed E-state index contributed by atoms with van der Waals surface area (Å²) in [7, 11) is 0.0960. The molecule has 1 radical (unpaired) electrons. The lowest BCUT2D eigenvalue weighted by molar-refractivity contribution is -0.113. The van der Waals surface area contributed by atoms with E-state index >= 15 is 0 Å². The van der Waals surface area contributed by atoms with Crippen molar-refractivity contribution in [2.45, 2.75) is 13.0 Å². The van der Waals surface area contributed by atoms with Crippen molar-refractivity contribution < 1.29 is 9.22 Å². The molecule has 0 bridgehead atoms. The summed E-state index contributed by atoms with van der Waals surface area (Å²) in [5, 5.41) is 0. The van der Waals surface area contributed by atoms with Crippen LogP contribution < -0.4 is 0 Å². The Labute approximate surface area is 67.3 Å². The Kier molecular flexibility index (Phi) is 4.60. The van der Waals surface area contributed by atoms with Crippen LogP contribution in [-0.2, 0) is 9.22 Å². The molecule has 0 aromatic heterocycles. The molecule has 0 amide bonds. The molecule has 57 valence electrons. The van der Waals surface area contributed by atoms with Crippen LogP contribution in [0.4, 0.5) is 0 Å². The molecule has 0 saturated heterocycles. The molecule has 0 saturated carbocycles. The van der Waals surface area contributed by atoms with Gasteiger partial charge in [-0.2, -0.15) is 0 Å². The van der Waals surface area contributed by atoms with Crippen LogP contribution in [0, 0.1) is 0 Å². The molecule has 0 unspecified atom stereocenters. The van der Waals surface area contributed by atoms with Gasteiger partial charge >= 0.3 is 8.35 Å². The summed E-state index contributed by atoms with van der Waals surface area (Å²) in [5.41, 5.74) is 0.542. The van der Waals surface area contributed by atoms with Crippen LogP contribution in [0.5, 0.6) is 0 Å². The van der Waals surface area contributed by atoms with Crippen molar-refractivity contribution in [2.75, 3.05) is 7.11 Å². The van der Waals surface area contributed by atoms with Crippen molar-refractivity contribution in [3.63, 3.8) is 0 Å². The van der Waals surface area contributed by atoms with Crippen molar-refractivity contribution in [3.8, 4) is 0 Å². The molecule has 0 rings (SSSR count). The maximum atomic E-state index is 10.9. The third-order valence-corrected chi connectivity index (χ3v) is 2.90. The van der Waals surface area contributed by atoms with Crippen LogP contribution in [0.25, 0.3) is 0 Å². The number of carbonyl (C=O) groups excluding carboxylic acids is 1. The summed E-state index contributed by atoms with van der Waals surface area (Å²) < 4.78 is 4.78. The third-order valence-electron chi connectivity index (χ3n) is 0.997. The van der Waals surface area contributed by atoms with E-state index in [9.17, 15) is 4.79 Å². The van der Waals surface area contributed by atoms with Gasteiger partial charge in [-0.05, 0) is 12.5 Å². The lowest BCUT2D eigenvalue weighted by atomic mass is 10.2. The number of hydrogen-bond acceptors (Lipinski definition) is 2. The van der Waals surface area contributed by atoms with E-state index in [1.807, 2.05) is 0 Å². The molecule has 0 spiro atoms. The fourth-order valence-electron chi connectivity index (χ4n) is 0.349.